The van der Waals surface area contributed by atoms with Gasteiger partial charge >= 0.3 is 0 Å². The lowest BCUT2D eigenvalue weighted by atomic mass is 9.62. The van der Waals surface area contributed by atoms with Crippen molar-refractivity contribution in [2.45, 2.75) is 83.5 Å². The van der Waals surface area contributed by atoms with Crippen molar-refractivity contribution in [3.05, 3.63) is 0 Å². The Morgan fingerprint density at radius 2 is 1.76 bits per heavy atom. The van der Waals surface area contributed by atoms with Crippen LogP contribution in [0.4, 0.5) is 0 Å². The normalized spacial score (nSPS) is 44.8. The first-order valence-electron chi connectivity index (χ1n) is 7.16. The Balaban J connectivity index is 2.26. The third-order valence-electron chi connectivity index (χ3n) is 5.14. The number of rotatable bonds is 1. The topological polar surface area (TPSA) is 35.2 Å². The van der Waals surface area contributed by atoms with Gasteiger partial charge in [0, 0.05) is 11.5 Å². The highest BCUT2D eigenvalue weighted by Crippen LogP contribution is 2.51. The Morgan fingerprint density at radius 1 is 1.12 bits per heavy atom. The van der Waals surface area contributed by atoms with E-state index >= 15 is 0 Å². The number of hydrogen-bond acceptors (Lipinski definition) is 2. The average molecular weight is 239 g/mol. The molecule has 2 nitrogen and oxygen atoms in total. The zero-order valence-electron chi connectivity index (χ0n) is 12.2. The predicted octanol–water partition coefficient (Wildman–Crippen LogP) is 3.49. The maximum absolute atomic E-state index is 6.82. The van der Waals surface area contributed by atoms with Gasteiger partial charge in [0.15, 0.2) is 0 Å². The first kappa shape index (κ1) is 13.4. The smallest absolute Gasteiger partial charge is 0.0680 e. The summed E-state index contributed by atoms with van der Waals surface area (Å²) in [5, 5.41) is 0. The molecule has 0 aromatic rings. The second-order valence-electron chi connectivity index (χ2n) is 7.48. The molecule has 3 atom stereocenters. The van der Waals surface area contributed by atoms with E-state index in [0.29, 0.717) is 11.8 Å². The van der Waals surface area contributed by atoms with Crippen LogP contribution in [0.25, 0.3) is 0 Å². The summed E-state index contributed by atoms with van der Waals surface area (Å²) in [7, 11) is 0. The van der Waals surface area contributed by atoms with Gasteiger partial charge in [-0.3, -0.25) is 0 Å². The van der Waals surface area contributed by atoms with Crippen LogP contribution in [0.5, 0.6) is 0 Å². The standard InChI is InChI=1S/C15H29NO/c1-11-8-6-7-9-15(11,16)12-10-13(2,3)17-14(12,4)5/h11-12H,6-10,16H2,1-5H3. The maximum Gasteiger partial charge on any atom is 0.0680 e. The minimum absolute atomic E-state index is 0.0162. The molecule has 1 aliphatic heterocycles. The van der Waals surface area contributed by atoms with Gasteiger partial charge in [-0.15, -0.1) is 0 Å². The molecule has 1 saturated carbocycles. The third-order valence-corrected chi connectivity index (χ3v) is 5.14. The van der Waals surface area contributed by atoms with Crippen molar-refractivity contribution in [3.8, 4) is 0 Å². The second-order valence-corrected chi connectivity index (χ2v) is 7.48. The third kappa shape index (κ3) is 2.26. The number of hydrogen-bond donors (Lipinski definition) is 1. The van der Waals surface area contributed by atoms with Crippen LogP contribution in [0.1, 0.15) is 66.7 Å². The summed E-state index contributed by atoms with van der Waals surface area (Å²) in [6.07, 6.45) is 6.18. The molecule has 2 N–H and O–H groups in total. The van der Waals surface area contributed by atoms with E-state index in [1.54, 1.807) is 0 Å². The highest BCUT2D eigenvalue weighted by molar-refractivity contribution is 5.08. The van der Waals surface area contributed by atoms with Crippen molar-refractivity contribution in [2.24, 2.45) is 17.6 Å². The van der Waals surface area contributed by atoms with Gasteiger partial charge < -0.3 is 10.5 Å². The summed E-state index contributed by atoms with van der Waals surface area (Å²) in [4.78, 5) is 0. The second kappa shape index (κ2) is 3.96. The summed E-state index contributed by atoms with van der Waals surface area (Å²) >= 11 is 0. The molecule has 2 aliphatic rings. The van der Waals surface area contributed by atoms with Crippen molar-refractivity contribution in [3.63, 3.8) is 0 Å². The maximum atomic E-state index is 6.82. The minimum Gasteiger partial charge on any atom is -0.369 e. The minimum atomic E-state index is -0.0795. The Bertz CT molecular complexity index is 297. The van der Waals surface area contributed by atoms with E-state index in [4.69, 9.17) is 10.5 Å². The zero-order chi connectivity index (χ0) is 12.9. The van der Waals surface area contributed by atoms with Crippen molar-refractivity contribution in [2.75, 3.05) is 0 Å². The summed E-state index contributed by atoms with van der Waals surface area (Å²) in [6.45, 7) is 11.2. The molecule has 0 amide bonds. The van der Waals surface area contributed by atoms with Crippen LogP contribution in [0.3, 0.4) is 0 Å². The molecule has 17 heavy (non-hydrogen) atoms. The van der Waals surface area contributed by atoms with Crippen LogP contribution < -0.4 is 5.73 Å². The lowest BCUT2D eigenvalue weighted by Gasteiger charge is -2.48. The molecule has 0 aromatic heterocycles. The molecule has 100 valence electrons. The van der Waals surface area contributed by atoms with E-state index in [-0.39, 0.29) is 16.7 Å². The highest BCUT2D eigenvalue weighted by Gasteiger charge is 2.55. The molecule has 1 aliphatic carbocycles. The van der Waals surface area contributed by atoms with Gasteiger partial charge in [0.25, 0.3) is 0 Å². The quantitative estimate of drug-likeness (QED) is 0.760. The molecule has 1 saturated heterocycles. The van der Waals surface area contributed by atoms with Crippen LogP contribution in [0, 0.1) is 11.8 Å². The van der Waals surface area contributed by atoms with E-state index in [9.17, 15) is 0 Å². The Morgan fingerprint density at radius 3 is 2.24 bits per heavy atom. The Hall–Kier alpha value is -0.0800. The summed E-state index contributed by atoms with van der Waals surface area (Å²) in [6, 6.07) is 0. The molecule has 0 aromatic carbocycles. The van der Waals surface area contributed by atoms with Gasteiger partial charge in [0.2, 0.25) is 0 Å². The van der Waals surface area contributed by atoms with Crippen molar-refractivity contribution in [1.29, 1.82) is 0 Å². The molecule has 3 unspecified atom stereocenters. The monoisotopic (exact) mass is 239 g/mol. The number of nitrogens with two attached hydrogens (primary N) is 1. The van der Waals surface area contributed by atoms with Crippen molar-refractivity contribution in [1.82, 2.24) is 0 Å². The van der Waals surface area contributed by atoms with E-state index in [2.05, 4.69) is 34.6 Å². The van der Waals surface area contributed by atoms with E-state index < -0.39 is 0 Å². The fourth-order valence-corrected chi connectivity index (χ4v) is 4.31. The molecule has 0 bridgehead atoms. The van der Waals surface area contributed by atoms with Crippen LogP contribution in [-0.2, 0) is 4.74 Å². The van der Waals surface area contributed by atoms with Crippen molar-refractivity contribution >= 4 is 0 Å². The van der Waals surface area contributed by atoms with E-state index in [0.717, 1.165) is 6.42 Å². The van der Waals surface area contributed by atoms with Crippen LogP contribution in [-0.4, -0.2) is 16.7 Å². The molecule has 2 heteroatoms. The Kier molecular flexibility index (Phi) is 3.11. The molecular formula is C15H29NO. The predicted molar refractivity (Wildman–Crippen MR) is 71.9 cm³/mol. The van der Waals surface area contributed by atoms with Crippen LogP contribution in [0.15, 0.2) is 0 Å². The van der Waals surface area contributed by atoms with Gasteiger partial charge in [0.05, 0.1) is 11.2 Å². The fraction of sp³-hybridized carbons (Fsp3) is 1.00. The van der Waals surface area contributed by atoms with Gasteiger partial charge in [-0.25, -0.2) is 0 Å². The molecular weight excluding hydrogens is 210 g/mol. The van der Waals surface area contributed by atoms with E-state index in [1.165, 1.54) is 25.7 Å². The SMILES string of the molecule is CC1CCCCC1(N)C1CC(C)(C)OC1(C)C. The lowest BCUT2D eigenvalue weighted by Crippen LogP contribution is -2.58. The van der Waals surface area contributed by atoms with E-state index in [1.807, 2.05) is 0 Å². The first-order valence-corrected chi connectivity index (χ1v) is 7.16. The average Bonchev–Trinajstić information content (AvgIpc) is 2.40. The lowest BCUT2D eigenvalue weighted by molar-refractivity contribution is -0.0876. The summed E-state index contributed by atoms with van der Waals surface area (Å²) < 4.78 is 6.24. The highest BCUT2D eigenvalue weighted by atomic mass is 16.5. The summed E-state index contributed by atoms with van der Waals surface area (Å²) in [5.74, 6) is 1.11. The van der Waals surface area contributed by atoms with Crippen LogP contribution >= 0.6 is 0 Å². The van der Waals surface area contributed by atoms with Gasteiger partial charge in [-0.2, -0.15) is 0 Å². The zero-order valence-corrected chi connectivity index (χ0v) is 12.2. The molecule has 0 radical (unpaired) electrons. The Labute approximate surface area is 106 Å². The molecule has 0 spiro atoms. The molecule has 2 fully saturated rings. The first-order chi connectivity index (χ1) is 7.67. The van der Waals surface area contributed by atoms with Gasteiger partial charge in [0.1, 0.15) is 0 Å². The summed E-state index contributed by atoms with van der Waals surface area (Å²) in [5.41, 5.74) is 6.71. The van der Waals surface area contributed by atoms with Crippen molar-refractivity contribution < 1.29 is 4.74 Å². The van der Waals surface area contributed by atoms with Gasteiger partial charge in [-0.05, 0) is 52.9 Å². The van der Waals surface area contributed by atoms with Crippen LogP contribution in [0.2, 0.25) is 0 Å². The molecule has 1 heterocycles. The molecule has 2 rings (SSSR count). The fourth-order valence-electron chi connectivity index (χ4n) is 4.31. The number of ether oxygens (including phenoxy) is 1. The largest absolute Gasteiger partial charge is 0.369 e. The van der Waals surface area contributed by atoms with Gasteiger partial charge in [-0.1, -0.05) is 19.8 Å².